The fourth-order valence-corrected chi connectivity index (χ4v) is 3.72. The monoisotopic (exact) mass is 249 g/mol. The standard InChI is InChI=1S/C15H23NO2/c17-11-14-8-7-13(18-14)10-16-9-3-5-12-4-1-2-6-15(12)16/h7-8,12,15,17H,1-6,9-11H2/t12-,15-/m1/s1. The van der Waals surface area contributed by atoms with Crippen LogP contribution in [0.15, 0.2) is 16.5 Å². The molecule has 0 unspecified atom stereocenters. The third-order valence-electron chi connectivity index (χ3n) is 4.59. The summed E-state index contributed by atoms with van der Waals surface area (Å²) in [4.78, 5) is 2.60. The lowest BCUT2D eigenvalue weighted by Gasteiger charge is -2.43. The molecule has 0 spiro atoms. The number of fused-ring (bicyclic) bond motifs is 1. The Hall–Kier alpha value is -0.800. The van der Waals surface area contributed by atoms with E-state index in [0.29, 0.717) is 5.76 Å². The van der Waals surface area contributed by atoms with Gasteiger partial charge in [0, 0.05) is 6.04 Å². The quantitative estimate of drug-likeness (QED) is 0.895. The molecular formula is C15H23NO2. The summed E-state index contributed by atoms with van der Waals surface area (Å²) in [6, 6.07) is 4.67. The van der Waals surface area contributed by atoms with Gasteiger partial charge in [-0.15, -0.1) is 0 Å². The Morgan fingerprint density at radius 3 is 2.72 bits per heavy atom. The number of nitrogens with zero attached hydrogens (tertiary/aromatic N) is 1. The van der Waals surface area contributed by atoms with E-state index in [1.165, 1.54) is 45.1 Å². The largest absolute Gasteiger partial charge is 0.462 e. The van der Waals surface area contributed by atoms with Crippen molar-refractivity contribution in [2.24, 2.45) is 5.92 Å². The number of aliphatic hydroxyl groups excluding tert-OH is 1. The molecule has 2 heterocycles. The van der Waals surface area contributed by atoms with E-state index in [1.807, 2.05) is 12.1 Å². The van der Waals surface area contributed by atoms with Gasteiger partial charge < -0.3 is 9.52 Å². The molecule has 1 aromatic heterocycles. The summed E-state index contributed by atoms with van der Waals surface area (Å²) in [7, 11) is 0. The molecule has 1 aromatic rings. The van der Waals surface area contributed by atoms with E-state index in [-0.39, 0.29) is 6.61 Å². The van der Waals surface area contributed by atoms with Gasteiger partial charge in [0.05, 0.1) is 6.54 Å². The van der Waals surface area contributed by atoms with Crippen LogP contribution in [0, 0.1) is 5.92 Å². The van der Waals surface area contributed by atoms with Crippen LogP contribution in [-0.2, 0) is 13.2 Å². The van der Waals surface area contributed by atoms with Crippen LogP contribution in [0.5, 0.6) is 0 Å². The highest BCUT2D eigenvalue weighted by atomic mass is 16.4. The maximum atomic E-state index is 9.04. The van der Waals surface area contributed by atoms with Crippen LogP contribution in [0.1, 0.15) is 50.0 Å². The summed E-state index contributed by atoms with van der Waals surface area (Å²) >= 11 is 0. The summed E-state index contributed by atoms with van der Waals surface area (Å²) in [6.45, 7) is 2.13. The minimum Gasteiger partial charge on any atom is -0.462 e. The minimum absolute atomic E-state index is 0.00601. The maximum Gasteiger partial charge on any atom is 0.129 e. The van der Waals surface area contributed by atoms with Crippen molar-refractivity contribution < 1.29 is 9.52 Å². The summed E-state index contributed by atoms with van der Waals surface area (Å²) in [5.74, 6) is 2.60. The van der Waals surface area contributed by atoms with Crippen LogP contribution in [0.25, 0.3) is 0 Å². The van der Waals surface area contributed by atoms with Gasteiger partial charge in [-0.3, -0.25) is 4.90 Å². The first-order chi connectivity index (χ1) is 8.86. The SMILES string of the molecule is OCc1ccc(CN2CCC[C@H]3CCCC[C@H]32)o1. The van der Waals surface area contributed by atoms with Crippen molar-refractivity contribution in [2.45, 2.75) is 57.7 Å². The fourth-order valence-electron chi connectivity index (χ4n) is 3.72. The molecular weight excluding hydrogens is 226 g/mol. The van der Waals surface area contributed by atoms with E-state index in [1.54, 1.807) is 0 Å². The lowest BCUT2D eigenvalue weighted by Crippen LogP contribution is -2.46. The number of rotatable bonds is 3. The lowest BCUT2D eigenvalue weighted by atomic mass is 9.78. The number of hydrogen-bond acceptors (Lipinski definition) is 3. The second-order valence-corrected chi connectivity index (χ2v) is 5.75. The Kier molecular flexibility index (Phi) is 3.71. The van der Waals surface area contributed by atoms with Gasteiger partial charge in [-0.25, -0.2) is 0 Å². The predicted molar refractivity (Wildman–Crippen MR) is 70.0 cm³/mol. The zero-order valence-corrected chi connectivity index (χ0v) is 11.0. The molecule has 18 heavy (non-hydrogen) atoms. The van der Waals surface area contributed by atoms with Crippen LogP contribution >= 0.6 is 0 Å². The van der Waals surface area contributed by atoms with Crippen LogP contribution in [0.3, 0.4) is 0 Å². The van der Waals surface area contributed by atoms with Gasteiger partial charge in [0.1, 0.15) is 18.1 Å². The summed E-state index contributed by atoms with van der Waals surface area (Å²) < 4.78 is 5.62. The third kappa shape index (κ3) is 2.47. The number of hydrogen-bond donors (Lipinski definition) is 1. The number of aliphatic hydroxyl groups is 1. The van der Waals surface area contributed by atoms with Crippen LogP contribution in [-0.4, -0.2) is 22.6 Å². The highest BCUT2D eigenvalue weighted by Crippen LogP contribution is 2.35. The molecule has 2 aliphatic rings. The van der Waals surface area contributed by atoms with Gasteiger partial charge in [-0.2, -0.15) is 0 Å². The van der Waals surface area contributed by atoms with E-state index < -0.39 is 0 Å². The molecule has 3 rings (SSSR count). The summed E-state index contributed by atoms with van der Waals surface area (Å²) in [5.41, 5.74) is 0. The second kappa shape index (κ2) is 5.45. The van der Waals surface area contributed by atoms with Crippen molar-refractivity contribution >= 4 is 0 Å². The molecule has 0 aromatic carbocycles. The minimum atomic E-state index is 0.00601. The molecule has 0 radical (unpaired) electrons. The topological polar surface area (TPSA) is 36.6 Å². The zero-order valence-electron chi connectivity index (χ0n) is 11.0. The van der Waals surface area contributed by atoms with Crippen molar-refractivity contribution in [2.75, 3.05) is 6.54 Å². The van der Waals surface area contributed by atoms with Gasteiger partial charge in [0.2, 0.25) is 0 Å². The van der Waals surface area contributed by atoms with Gasteiger partial charge in [0.15, 0.2) is 0 Å². The Morgan fingerprint density at radius 1 is 1.11 bits per heavy atom. The van der Waals surface area contributed by atoms with Crippen molar-refractivity contribution in [1.82, 2.24) is 4.90 Å². The molecule has 2 fully saturated rings. The highest BCUT2D eigenvalue weighted by Gasteiger charge is 2.33. The zero-order chi connectivity index (χ0) is 12.4. The molecule has 2 atom stereocenters. The lowest BCUT2D eigenvalue weighted by molar-refractivity contribution is 0.0488. The molecule has 1 saturated carbocycles. The third-order valence-corrected chi connectivity index (χ3v) is 4.59. The second-order valence-electron chi connectivity index (χ2n) is 5.75. The van der Waals surface area contributed by atoms with Crippen LogP contribution < -0.4 is 0 Å². The predicted octanol–water partition coefficient (Wildman–Crippen LogP) is 2.93. The number of piperidine rings is 1. The van der Waals surface area contributed by atoms with Crippen molar-refractivity contribution in [3.05, 3.63) is 23.7 Å². The average molecular weight is 249 g/mol. The van der Waals surface area contributed by atoms with Gasteiger partial charge in [0.25, 0.3) is 0 Å². The van der Waals surface area contributed by atoms with Crippen LogP contribution in [0.2, 0.25) is 0 Å². The fraction of sp³-hybridized carbons (Fsp3) is 0.733. The van der Waals surface area contributed by atoms with E-state index in [2.05, 4.69) is 4.90 Å². The normalized spacial score (nSPS) is 29.2. The maximum absolute atomic E-state index is 9.04. The number of likely N-dealkylation sites (tertiary alicyclic amines) is 1. The molecule has 0 bridgehead atoms. The van der Waals surface area contributed by atoms with Crippen molar-refractivity contribution in [3.8, 4) is 0 Å². The van der Waals surface area contributed by atoms with E-state index in [9.17, 15) is 0 Å². The van der Waals surface area contributed by atoms with Gasteiger partial charge >= 0.3 is 0 Å². The smallest absolute Gasteiger partial charge is 0.129 e. The highest BCUT2D eigenvalue weighted by molar-refractivity contribution is 5.07. The molecule has 1 N–H and O–H groups in total. The molecule has 0 amide bonds. The summed E-state index contributed by atoms with van der Waals surface area (Å²) in [6.07, 6.45) is 8.33. The Morgan fingerprint density at radius 2 is 1.89 bits per heavy atom. The summed E-state index contributed by atoms with van der Waals surface area (Å²) in [5, 5.41) is 9.04. The Balaban J connectivity index is 1.66. The van der Waals surface area contributed by atoms with Crippen LogP contribution in [0.4, 0.5) is 0 Å². The average Bonchev–Trinajstić information content (AvgIpc) is 2.87. The van der Waals surface area contributed by atoms with E-state index in [4.69, 9.17) is 9.52 Å². The molecule has 3 nitrogen and oxygen atoms in total. The first kappa shape index (κ1) is 12.2. The van der Waals surface area contributed by atoms with Gasteiger partial charge in [-0.1, -0.05) is 12.8 Å². The van der Waals surface area contributed by atoms with Crippen molar-refractivity contribution in [3.63, 3.8) is 0 Å². The molecule has 1 aliphatic carbocycles. The van der Waals surface area contributed by atoms with E-state index >= 15 is 0 Å². The van der Waals surface area contributed by atoms with E-state index in [0.717, 1.165) is 24.3 Å². The molecule has 1 saturated heterocycles. The Labute approximate surface area is 109 Å². The molecule has 1 aliphatic heterocycles. The van der Waals surface area contributed by atoms with Crippen molar-refractivity contribution in [1.29, 1.82) is 0 Å². The first-order valence-corrected chi connectivity index (χ1v) is 7.29. The van der Waals surface area contributed by atoms with Gasteiger partial charge in [-0.05, 0) is 50.3 Å². The molecule has 100 valence electrons. The molecule has 3 heteroatoms. The number of furan rings is 1. The Bertz CT molecular complexity index is 386. The first-order valence-electron chi connectivity index (χ1n) is 7.29.